The van der Waals surface area contributed by atoms with Gasteiger partial charge in [-0.15, -0.1) is 0 Å². The van der Waals surface area contributed by atoms with Crippen molar-refractivity contribution in [1.29, 1.82) is 0 Å². The number of pyridine rings is 1. The van der Waals surface area contributed by atoms with Crippen LogP contribution >= 0.6 is 11.6 Å². The largest absolute Gasteiger partial charge is 0.507 e. The summed E-state index contributed by atoms with van der Waals surface area (Å²) in [5.41, 5.74) is 7.09. The molecule has 7 nitrogen and oxygen atoms in total. The molecule has 1 aromatic heterocycles. The first kappa shape index (κ1) is 23.5. The minimum atomic E-state index is -0.729. The molecule has 9 heteroatoms. The number of phenolic OH excluding ortho intramolecular Hbond substituents is 1. The number of carbonyl (C=O) groups excluding carboxylic acids is 2. The maximum atomic E-state index is 14.6. The zero-order valence-electron chi connectivity index (χ0n) is 18.4. The topological polar surface area (TPSA) is 106 Å². The highest BCUT2D eigenvalue weighted by Crippen LogP contribution is 2.41. The summed E-state index contributed by atoms with van der Waals surface area (Å²) in [5.74, 6) is -1.49. The molecule has 1 atom stereocenters. The van der Waals surface area contributed by atoms with Gasteiger partial charge in [0.25, 0.3) is 11.8 Å². The summed E-state index contributed by atoms with van der Waals surface area (Å²) in [6.45, 7) is 2.18. The second kappa shape index (κ2) is 9.69. The first-order chi connectivity index (χ1) is 16.3. The molecule has 4 rings (SSSR count). The van der Waals surface area contributed by atoms with Gasteiger partial charge in [-0.3, -0.25) is 14.6 Å². The van der Waals surface area contributed by atoms with Crippen molar-refractivity contribution in [2.45, 2.75) is 32.4 Å². The standard InChI is InChI=1S/C25H23ClFN3O4/c1-2-34-16-5-6-18(22(31)12-16)25(33)30(13-14-4-3-9-29-23(14)24(28)32)21-8-7-17-19(21)10-15(26)11-20(17)27/h3-6,9-12,21,31H,2,7-8,13H2,1H3,(H2,28,32)/t21-/m1/s1. The molecule has 0 fully saturated rings. The highest BCUT2D eigenvalue weighted by molar-refractivity contribution is 6.30. The van der Waals surface area contributed by atoms with E-state index in [-0.39, 0.29) is 28.6 Å². The van der Waals surface area contributed by atoms with Gasteiger partial charge in [0.2, 0.25) is 0 Å². The van der Waals surface area contributed by atoms with Gasteiger partial charge in [0, 0.05) is 29.4 Å². The van der Waals surface area contributed by atoms with E-state index >= 15 is 0 Å². The zero-order chi connectivity index (χ0) is 24.4. The van der Waals surface area contributed by atoms with E-state index in [1.54, 1.807) is 24.3 Å². The van der Waals surface area contributed by atoms with Crippen molar-refractivity contribution in [3.05, 3.63) is 87.4 Å². The Bertz CT molecular complexity index is 1270. The number of benzene rings is 2. The summed E-state index contributed by atoms with van der Waals surface area (Å²) in [4.78, 5) is 31.2. The SMILES string of the molecule is CCOc1ccc(C(=O)N(Cc2cccnc2C(N)=O)[C@@H]2CCc3c(F)cc(Cl)cc32)c(O)c1. The van der Waals surface area contributed by atoms with Crippen LogP contribution in [0.25, 0.3) is 0 Å². The van der Waals surface area contributed by atoms with E-state index in [9.17, 15) is 19.1 Å². The highest BCUT2D eigenvalue weighted by Gasteiger charge is 2.35. The van der Waals surface area contributed by atoms with Crippen LogP contribution in [0.1, 0.15) is 56.9 Å². The molecule has 0 saturated carbocycles. The number of nitrogens with two attached hydrogens (primary N) is 1. The van der Waals surface area contributed by atoms with E-state index in [4.69, 9.17) is 22.1 Å². The number of ether oxygens (including phenoxy) is 1. The van der Waals surface area contributed by atoms with Gasteiger partial charge in [-0.2, -0.15) is 0 Å². The van der Waals surface area contributed by atoms with Crippen molar-refractivity contribution < 1.29 is 23.8 Å². The smallest absolute Gasteiger partial charge is 0.267 e. The molecule has 0 spiro atoms. The Morgan fingerprint density at radius 3 is 2.79 bits per heavy atom. The van der Waals surface area contributed by atoms with E-state index in [1.165, 1.54) is 29.3 Å². The minimum absolute atomic E-state index is 0.0319. The Balaban J connectivity index is 1.79. The van der Waals surface area contributed by atoms with Crippen LogP contribution in [0.2, 0.25) is 5.02 Å². The quantitative estimate of drug-likeness (QED) is 0.518. The van der Waals surface area contributed by atoms with E-state index < -0.39 is 23.7 Å². The number of phenols is 1. The second-order valence-corrected chi connectivity index (χ2v) is 8.37. The van der Waals surface area contributed by atoms with Crippen molar-refractivity contribution in [3.63, 3.8) is 0 Å². The molecule has 0 aliphatic heterocycles. The highest BCUT2D eigenvalue weighted by atomic mass is 35.5. The predicted molar refractivity (Wildman–Crippen MR) is 124 cm³/mol. The number of rotatable bonds is 7. The Labute approximate surface area is 200 Å². The third kappa shape index (κ3) is 4.54. The lowest BCUT2D eigenvalue weighted by molar-refractivity contribution is 0.0652. The second-order valence-electron chi connectivity index (χ2n) is 7.93. The number of carbonyl (C=O) groups is 2. The lowest BCUT2D eigenvalue weighted by atomic mass is 10.0. The number of fused-ring (bicyclic) bond motifs is 1. The van der Waals surface area contributed by atoms with Crippen LogP contribution < -0.4 is 10.5 Å². The number of aromatic nitrogens is 1. The number of hydrogen-bond acceptors (Lipinski definition) is 5. The molecule has 3 aromatic rings. The molecule has 1 aliphatic rings. The third-order valence-corrected chi connectivity index (χ3v) is 6.05. The van der Waals surface area contributed by atoms with Crippen molar-refractivity contribution in [3.8, 4) is 11.5 Å². The van der Waals surface area contributed by atoms with Crippen molar-refractivity contribution in [2.24, 2.45) is 5.73 Å². The Morgan fingerprint density at radius 1 is 1.29 bits per heavy atom. The molecule has 0 saturated heterocycles. The molecule has 2 aromatic carbocycles. The van der Waals surface area contributed by atoms with E-state index in [0.29, 0.717) is 41.9 Å². The Kier molecular flexibility index (Phi) is 6.70. The van der Waals surface area contributed by atoms with Gasteiger partial charge < -0.3 is 20.5 Å². The molecule has 3 N–H and O–H groups in total. The molecular weight excluding hydrogens is 461 g/mol. The molecular formula is C25H23ClFN3O4. The van der Waals surface area contributed by atoms with Crippen LogP contribution in [0.5, 0.6) is 11.5 Å². The molecule has 0 radical (unpaired) electrons. The summed E-state index contributed by atoms with van der Waals surface area (Å²) in [6, 6.07) is 10.1. The fourth-order valence-electron chi connectivity index (χ4n) is 4.34. The molecule has 176 valence electrons. The maximum Gasteiger partial charge on any atom is 0.267 e. The number of aromatic hydroxyl groups is 1. The molecule has 0 unspecified atom stereocenters. The lowest BCUT2D eigenvalue weighted by Crippen LogP contribution is -2.34. The van der Waals surface area contributed by atoms with Gasteiger partial charge >= 0.3 is 0 Å². The summed E-state index contributed by atoms with van der Waals surface area (Å²) in [7, 11) is 0. The molecule has 2 amide bonds. The van der Waals surface area contributed by atoms with Gasteiger partial charge in [-0.1, -0.05) is 17.7 Å². The average Bonchev–Trinajstić information content (AvgIpc) is 3.21. The van der Waals surface area contributed by atoms with Gasteiger partial charge in [-0.05, 0) is 61.2 Å². The molecule has 34 heavy (non-hydrogen) atoms. The first-order valence-electron chi connectivity index (χ1n) is 10.8. The Morgan fingerprint density at radius 2 is 2.09 bits per heavy atom. The minimum Gasteiger partial charge on any atom is -0.507 e. The van der Waals surface area contributed by atoms with Gasteiger partial charge in [0.15, 0.2) is 0 Å². The van der Waals surface area contributed by atoms with Crippen LogP contribution in [0.3, 0.4) is 0 Å². The first-order valence-corrected chi connectivity index (χ1v) is 11.2. The summed E-state index contributed by atoms with van der Waals surface area (Å²) >= 11 is 6.13. The van der Waals surface area contributed by atoms with Crippen LogP contribution in [0.4, 0.5) is 4.39 Å². The maximum absolute atomic E-state index is 14.6. The number of hydrogen-bond donors (Lipinski definition) is 2. The van der Waals surface area contributed by atoms with Gasteiger partial charge in [0.1, 0.15) is 23.0 Å². The number of primary amides is 1. The normalized spacial score (nSPS) is 14.5. The van der Waals surface area contributed by atoms with Gasteiger partial charge in [-0.25, -0.2) is 4.39 Å². The van der Waals surface area contributed by atoms with Crippen molar-refractivity contribution >= 4 is 23.4 Å². The van der Waals surface area contributed by atoms with E-state index in [2.05, 4.69) is 4.98 Å². The van der Waals surface area contributed by atoms with Crippen molar-refractivity contribution in [1.82, 2.24) is 9.88 Å². The fraction of sp³-hybridized carbons (Fsp3) is 0.240. The molecule has 0 bridgehead atoms. The zero-order valence-corrected chi connectivity index (χ0v) is 19.2. The number of halogens is 2. The van der Waals surface area contributed by atoms with Crippen LogP contribution in [0, 0.1) is 5.82 Å². The predicted octanol–water partition coefficient (Wildman–Crippen LogP) is 4.41. The van der Waals surface area contributed by atoms with E-state index in [0.717, 1.165) is 0 Å². The fourth-order valence-corrected chi connectivity index (χ4v) is 4.56. The average molecular weight is 484 g/mol. The third-order valence-electron chi connectivity index (χ3n) is 5.83. The number of nitrogens with zero attached hydrogens (tertiary/aromatic N) is 2. The van der Waals surface area contributed by atoms with Crippen molar-refractivity contribution in [2.75, 3.05) is 6.61 Å². The van der Waals surface area contributed by atoms with Crippen LogP contribution in [-0.2, 0) is 13.0 Å². The van der Waals surface area contributed by atoms with Crippen LogP contribution in [0.15, 0.2) is 48.7 Å². The van der Waals surface area contributed by atoms with E-state index in [1.807, 2.05) is 6.92 Å². The van der Waals surface area contributed by atoms with Gasteiger partial charge in [0.05, 0.1) is 18.2 Å². The summed E-state index contributed by atoms with van der Waals surface area (Å²) < 4.78 is 20.0. The molecule has 1 aliphatic carbocycles. The summed E-state index contributed by atoms with van der Waals surface area (Å²) in [5, 5.41) is 10.8. The lowest BCUT2D eigenvalue weighted by Gasteiger charge is -2.31. The summed E-state index contributed by atoms with van der Waals surface area (Å²) in [6.07, 6.45) is 2.30. The Hall–Kier alpha value is -3.65. The van der Waals surface area contributed by atoms with Crippen LogP contribution in [-0.4, -0.2) is 33.4 Å². The molecule has 1 heterocycles. The number of amides is 2. The monoisotopic (exact) mass is 483 g/mol.